The molecule has 1 aromatic heterocycles. The molecule has 2 heterocycles. The van der Waals surface area contributed by atoms with Crippen molar-refractivity contribution in [1.29, 1.82) is 0 Å². The lowest BCUT2D eigenvalue weighted by Crippen LogP contribution is -2.50. The van der Waals surface area contributed by atoms with Gasteiger partial charge in [-0.25, -0.2) is 0 Å². The van der Waals surface area contributed by atoms with Gasteiger partial charge in [0.15, 0.2) is 0 Å². The molecule has 0 saturated carbocycles. The Hall–Kier alpha value is -1.86. The van der Waals surface area contributed by atoms with Crippen molar-refractivity contribution in [2.45, 2.75) is 18.5 Å². The second-order valence-corrected chi connectivity index (χ2v) is 5.25. The van der Waals surface area contributed by atoms with E-state index >= 15 is 0 Å². The number of likely N-dealkylation sites (tertiary alicyclic amines) is 1. The zero-order valence-electron chi connectivity index (χ0n) is 11.4. The number of carbonyl (C=O) groups excluding carboxylic acids is 1. The van der Waals surface area contributed by atoms with Crippen molar-refractivity contribution in [2.24, 2.45) is 5.73 Å². The van der Waals surface area contributed by atoms with Gasteiger partial charge < -0.3 is 20.2 Å². The first-order valence-corrected chi connectivity index (χ1v) is 6.42. The van der Waals surface area contributed by atoms with Gasteiger partial charge in [-0.1, -0.05) is 0 Å². The van der Waals surface area contributed by atoms with Crippen molar-refractivity contribution in [3.8, 4) is 0 Å². The molecule has 1 aliphatic rings. The van der Waals surface area contributed by atoms with Crippen molar-refractivity contribution < 1.29 is 19.1 Å². The van der Waals surface area contributed by atoms with E-state index in [1.807, 2.05) is 0 Å². The number of carbonyl (C=O) groups is 2. The number of rotatable bonds is 5. The van der Waals surface area contributed by atoms with Crippen LogP contribution in [0.3, 0.4) is 0 Å². The molecule has 2 rings (SSSR count). The van der Waals surface area contributed by atoms with E-state index in [-0.39, 0.29) is 19.0 Å². The van der Waals surface area contributed by atoms with Gasteiger partial charge in [0.1, 0.15) is 11.3 Å². The first-order valence-electron chi connectivity index (χ1n) is 6.42. The number of furan rings is 1. The van der Waals surface area contributed by atoms with Gasteiger partial charge in [-0.05, 0) is 18.6 Å². The van der Waals surface area contributed by atoms with Crippen molar-refractivity contribution in [3.63, 3.8) is 0 Å². The summed E-state index contributed by atoms with van der Waals surface area (Å²) in [6, 6.07) is 3.57. The number of amides is 1. The maximum atomic E-state index is 12.1. The molecule has 20 heavy (non-hydrogen) atoms. The van der Waals surface area contributed by atoms with Crippen LogP contribution in [0.1, 0.15) is 12.2 Å². The zero-order chi connectivity index (χ0) is 14.8. The average Bonchev–Trinajstić information content (AvgIpc) is 3.00. The van der Waals surface area contributed by atoms with Gasteiger partial charge in [-0.3, -0.25) is 14.5 Å². The summed E-state index contributed by atoms with van der Waals surface area (Å²) >= 11 is 0. The summed E-state index contributed by atoms with van der Waals surface area (Å²) in [6.07, 6.45) is 1.92. The summed E-state index contributed by atoms with van der Waals surface area (Å²) in [6.45, 7) is 1.28. The highest BCUT2D eigenvalue weighted by Gasteiger charge is 2.41. The molecule has 1 aromatic rings. The van der Waals surface area contributed by atoms with Crippen molar-refractivity contribution in [2.75, 3.05) is 26.7 Å². The summed E-state index contributed by atoms with van der Waals surface area (Å²) in [5.41, 5.74) is 4.54. The van der Waals surface area contributed by atoms with E-state index in [2.05, 4.69) is 0 Å². The summed E-state index contributed by atoms with van der Waals surface area (Å²) < 4.78 is 5.18. The lowest BCUT2D eigenvalue weighted by atomic mass is 10.0. The average molecular weight is 281 g/mol. The Labute approximate surface area is 116 Å². The van der Waals surface area contributed by atoms with Crippen LogP contribution in [0.5, 0.6) is 0 Å². The summed E-state index contributed by atoms with van der Waals surface area (Å²) in [5, 5.41) is 9.05. The quantitative estimate of drug-likeness (QED) is 0.770. The van der Waals surface area contributed by atoms with Gasteiger partial charge in [0, 0.05) is 20.1 Å². The molecule has 1 aliphatic heterocycles. The fraction of sp³-hybridized carbons (Fsp3) is 0.538. The van der Waals surface area contributed by atoms with Crippen LogP contribution in [0.4, 0.5) is 0 Å². The third-order valence-electron chi connectivity index (χ3n) is 3.56. The minimum Gasteiger partial charge on any atom is -0.480 e. The van der Waals surface area contributed by atoms with Crippen LogP contribution in [0.15, 0.2) is 22.8 Å². The second kappa shape index (κ2) is 5.64. The third-order valence-corrected chi connectivity index (χ3v) is 3.56. The molecule has 0 bridgehead atoms. The topological polar surface area (TPSA) is 100 Å². The van der Waals surface area contributed by atoms with E-state index in [0.29, 0.717) is 25.3 Å². The first-order chi connectivity index (χ1) is 9.40. The van der Waals surface area contributed by atoms with Gasteiger partial charge in [0.05, 0.1) is 19.4 Å². The number of aliphatic carboxylic acids is 1. The Morgan fingerprint density at radius 2 is 2.35 bits per heavy atom. The van der Waals surface area contributed by atoms with E-state index in [1.165, 1.54) is 0 Å². The monoisotopic (exact) mass is 281 g/mol. The highest BCUT2D eigenvalue weighted by Crippen LogP contribution is 2.19. The molecule has 1 amide bonds. The zero-order valence-corrected chi connectivity index (χ0v) is 11.4. The van der Waals surface area contributed by atoms with Gasteiger partial charge in [0.2, 0.25) is 5.91 Å². The van der Waals surface area contributed by atoms with Crippen LogP contribution in [-0.2, 0) is 16.1 Å². The number of carboxylic acid groups (broad SMARTS) is 1. The number of carboxylic acids is 1. The molecule has 1 saturated heterocycles. The second-order valence-electron chi connectivity index (χ2n) is 5.25. The highest BCUT2D eigenvalue weighted by atomic mass is 16.4. The van der Waals surface area contributed by atoms with Crippen LogP contribution in [-0.4, -0.2) is 59.0 Å². The lowest BCUT2D eigenvalue weighted by Gasteiger charge is -2.22. The summed E-state index contributed by atoms with van der Waals surface area (Å²) in [4.78, 5) is 26.4. The standard InChI is InChI=1S/C13H19N3O4/c1-15(7-10-3-2-6-20-10)11(17)8-16-5-4-13(14,9-16)12(18)19/h2-3,6H,4-5,7-9,14H2,1H3,(H,18,19). The van der Waals surface area contributed by atoms with E-state index < -0.39 is 11.5 Å². The first kappa shape index (κ1) is 14.5. The Morgan fingerprint density at radius 1 is 1.60 bits per heavy atom. The summed E-state index contributed by atoms with van der Waals surface area (Å²) in [7, 11) is 1.69. The molecule has 7 nitrogen and oxygen atoms in total. The Morgan fingerprint density at radius 3 is 2.90 bits per heavy atom. The maximum Gasteiger partial charge on any atom is 0.325 e. The Balaban J connectivity index is 1.85. The Bertz CT molecular complexity index is 488. The molecule has 3 N–H and O–H groups in total. The fourth-order valence-electron chi connectivity index (χ4n) is 2.26. The van der Waals surface area contributed by atoms with Crippen LogP contribution >= 0.6 is 0 Å². The van der Waals surface area contributed by atoms with E-state index in [9.17, 15) is 9.59 Å². The molecule has 110 valence electrons. The number of nitrogens with two attached hydrogens (primary N) is 1. The highest BCUT2D eigenvalue weighted by molar-refractivity contribution is 5.80. The van der Waals surface area contributed by atoms with Gasteiger partial charge in [-0.2, -0.15) is 0 Å². The molecule has 1 atom stereocenters. The third kappa shape index (κ3) is 3.17. The van der Waals surface area contributed by atoms with Crippen LogP contribution < -0.4 is 5.73 Å². The van der Waals surface area contributed by atoms with Gasteiger partial charge in [0.25, 0.3) is 0 Å². The van der Waals surface area contributed by atoms with Crippen molar-refractivity contribution >= 4 is 11.9 Å². The van der Waals surface area contributed by atoms with Crippen molar-refractivity contribution in [1.82, 2.24) is 9.80 Å². The molecular weight excluding hydrogens is 262 g/mol. The van der Waals surface area contributed by atoms with E-state index in [1.54, 1.807) is 35.2 Å². The number of nitrogens with zero attached hydrogens (tertiary/aromatic N) is 2. The minimum absolute atomic E-state index is 0.0870. The number of hydrogen-bond donors (Lipinski definition) is 2. The minimum atomic E-state index is -1.24. The smallest absolute Gasteiger partial charge is 0.325 e. The van der Waals surface area contributed by atoms with Crippen LogP contribution in [0.25, 0.3) is 0 Å². The van der Waals surface area contributed by atoms with E-state index in [0.717, 1.165) is 0 Å². The predicted octanol–water partition coefficient (Wildman–Crippen LogP) is -0.274. The lowest BCUT2D eigenvalue weighted by molar-refractivity contribution is -0.143. The SMILES string of the molecule is CN(Cc1ccco1)C(=O)CN1CCC(N)(C(=O)O)C1. The number of hydrogen-bond acceptors (Lipinski definition) is 5. The Kier molecular flexibility index (Phi) is 4.10. The van der Waals surface area contributed by atoms with E-state index in [4.69, 9.17) is 15.3 Å². The van der Waals surface area contributed by atoms with Gasteiger partial charge >= 0.3 is 5.97 Å². The normalized spacial score (nSPS) is 22.9. The molecule has 1 fully saturated rings. The predicted molar refractivity (Wildman–Crippen MR) is 70.8 cm³/mol. The molecule has 0 aliphatic carbocycles. The fourth-order valence-corrected chi connectivity index (χ4v) is 2.26. The van der Waals surface area contributed by atoms with Crippen LogP contribution in [0, 0.1) is 0 Å². The van der Waals surface area contributed by atoms with Crippen molar-refractivity contribution in [3.05, 3.63) is 24.2 Å². The molecule has 0 aromatic carbocycles. The molecule has 0 spiro atoms. The molecular formula is C13H19N3O4. The number of likely N-dealkylation sites (N-methyl/N-ethyl adjacent to an activating group) is 1. The largest absolute Gasteiger partial charge is 0.480 e. The molecule has 7 heteroatoms. The maximum absolute atomic E-state index is 12.1. The van der Waals surface area contributed by atoms with Gasteiger partial charge in [-0.15, -0.1) is 0 Å². The molecule has 1 unspecified atom stereocenters. The van der Waals surface area contributed by atoms with Crippen LogP contribution in [0.2, 0.25) is 0 Å². The molecule has 0 radical (unpaired) electrons. The summed E-state index contributed by atoms with van der Waals surface area (Å²) in [5.74, 6) is -0.395.